The van der Waals surface area contributed by atoms with Gasteiger partial charge in [-0.1, -0.05) is 12.1 Å². The van der Waals surface area contributed by atoms with Crippen LogP contribution in [0, 0.1) is 0 Å². The molecule has 0 unspecified atom stereocenters. The lowest BCUT2D eigenvalue weighted by atomic mass is 10.3. The maximum absolute atomic E-state index is 11.9. The molecule has 1 heterocycles. The second-order valence-corrected chi connectivity index (χ2v) is 6.01. The Balaban J connectivity index is 1.91. The highest BCUT2D eigenvalue weighted by Gasteiger charge is 2.03. The van der Waals surface area contributed by atoms with Crippen molar-refractivity contribution in [3.63, 3.8) is 0 Å². The van der Waals surface area contributed by atoms with Crippen molar-refractivity contribution in [2.45, 2.75) is 13.0 Å². The zero-order valence-corrected chi connectivity index (χ0v) is 13.9. The zero-order valence-electron chi connectivity index (χ0n) is 10.7. The molecule has 0 spiro atoms. The molecule has 0 bridgehead atoms. The number of aryl methyl sites for hydroxylation is 1. The summed E-state index contributed by atoms with van der Waals surface area (Å²) in [7, 11) is 0. The third kappa shape index (κ3) is 3.86. The first-order valence-corrected chi connectivity index (χ1v) is 7.69. The van der Waals surface area contributed by atoms with Gasteiger partial charge in [0, 0.05) is 17.2 Å². The van der Waals surface area contributed by atoms with Gasteiger partial charge in [-0.25, -0.2) is 0 Å². The summed E-state index contributed by atoms with van der Waals surface area (Å²) in [5, 5.41) is 0. The Hall–Kier alpha value is -1.27. The quantitative estimate of drug-likeness (QED) is 0.616. The minimum atomic E-state index is -0.0487. The molecule has 0 radical (unpaired) electrons. The standard InChI is InChI=1S/C14H14Br2N2O2/c15-10-8-11(16)14(19)18(9-10)6-3-7-20-13-5-2-1-4-12(13)17/h1-2,4-5,8-9H,3,6-7,17H2. The SMILES string of the molecule is Nc1ccccc1OCCCn1cc(Br)cc(Br)c1=O. The fourth-order valence-electron chi connectivity index (χ4n) is 1.76. The molecule has 0 atom stereocenters. The number of pyridine rings is 1. The molecule has 1 aromatic heterocycles. The summed E-state index contributed by atoms with van der Waals surface area (Å²) in [5.74, 6) is 0.676. The van der Waals surface area contributed by atoms with Crippen molar-refractivity contribution < 1.29 is 4.74 Å². The van der Waals surface area contributed by atoms with E-state index in [0.717, 1.165) is 10.9 Å². The topological polar surface area (TPSA) is 57.2 Å². The Bertz CT molecular complexity index is 656. The van der Waals surface area contributed by atoms with E-state index < -0.39 is 0 Å². The van der Waals surface area contributed by atoms with Crippen LogP contribution in [0.15, 0.2) is 50.3 Å². The van der Waals surface area contributed by atoms with Gasteiger partial charge in [0.25, 0.3) is 5.56 Å². The van der Waals surface area contributed by atoms with Crippen LogP contribution >= 0.6 is 31.9 Å². The van der Waals surface area contributed by atoms with Crippen molar-refractivity contribution in [3.8, 4) is 5.75 Å². The van der Waals surface area contributed by atoms with Gasteiger partial charge in [0.2, 0.25) is 0 Å². The van der Waals surface area contributed by atoms with Crippen molar-refractivity contribution in [2.24, 2.45) is 0 Å². The molecule has 1 aromatic carbocycles. The van der Waals surface area contributed by atoms with Crippen LogP contribution in [0.2, 0.25) is 0 Å². The summed E-state index contributed by atoms with van der Waals surface area (Å²) in [6, 6.07) is 9.10. The van der Waals surface area contributed by atoms with Crippen molar-refractivity contribution >= 4 is 37.5 Å². The number of nitrogens with two attached hydrogens (primary N) is 1. The van der Waals surface area contributed by atoms with Crippen LogP contribution in [0.4, 0.5) is 5.69 Å². The molecule has 0 saturated carbocycles. The number of hydrogen-bond acceptors (Lipinski definition) is 3. The van der Waals surface area contributed by atoms with E-state index in [9.17, 15) is 4.79 Å². The number of nitrogens with zero attached hydrogens (tertiary/aromatic N) is 1. The number of rotatable bonds is 5. The zero-order chi connectivity index (χ0) is 14.5. The smallest absolute Gasteiger partial charge is 0.264 e. The molecule has 0 saturated heterocycles. The first-order chi connectivity index (χ1) is 9.58. The van der Waals surface area contributed by atoms with Crippen LogP contribution in [0.25, 0.3) is 0 Å². The van der Waals surface area contributed by atoms with E-state index in [4.69, 9.17) is 10.5 Å². The summed E-state index contributed by atoms with van der Waals surface area (Å²) in [5.41, 5.74) is 6.36. The Kier molecular flexibility index (Phi) is 5.25. The van der Waals surface area contributed by atoms with Crippen molar-refractivity contribution in [1.82, 2.24) is 4.57 Å². The van der Waals surface area contributed by atoms with E-state index >= 15 is 0 Å². The van der Waals surface area contributed by atoms with Gasteiger partial charge >= 0.3 is 0 Å². The molecule has 6 heteroatoms. The van der Waals surface area contributed by atoms with Gasteiger partial charge in [0.05, 0.1) is 16.8 Å². The monoisotopic (exact) mass is 400 g/mol. The molecular formula is C14H14Br2N2O2. The Morgan fingerprint density at radius 1 is 1.25 bits per heavy atom. The predicted molar refractivity (Wildman–Crippen MR) is 87.1 cm³/mol. The lowest BCUT2D eigenvalue weighted by molar-refractivity contribution is 0.302. The number of para-hydroxylation sites is 2. The van der Waals surface area contributed by atoms with Crippen LogP contribution < -0.4 is 16.0 Å². The lowest BCUT2D eigenvalue weighted by Crippen LogP contribution is -2.21. The van der Waals surface area contributed by atoms with E-state index in [-0.39, 0.29) is 5.56 Å². The third-order valence-electron chi connectivity index (χ3n) is 2.73. The van der Waals surface area contributed by atoms with Crippen LogP contribution in [-0.2, 0) is 6.54 Å². The minimum Gasteiger partial charge on any atom is -0.491 e. The molecule has 4 nitrogen and oxygen atoms in total. The molecule has 2 aromatic rings. The van der Waals surface area contributed by atoms with Gasteiger partial charge in [-0.3, -0.25) is 4.79 Å². The predicted octanol–water partition coefficient (Wildman–Crippen LogP) is 3.42. The van der Waals surface area contributed by atoms with Gasteiger partial charge in [0.1, 0.15) is 5.75 Å². The van der Waals surface area contributed by atoms with E-state index in [2.05, 4.69) is 31.9 Å². The van der Waals surface area contributed by atoms with E-state index in [1.54, 1.807) is 22.9 Å². The van der Waals surface area contributed by atoms with Crippen LogP contribution in [-0.4, -0.2) is 11.2 Å². The average molecular weight is 402 g/mol. The summed E-state index contributed by atoms with van der Waals surface area (Å²) >= 11 is 6.61. The Morgan fingerprint density at radius 2 is 2.00 bits per heavy atom. The molecule has 2 N–H and O–H groups in total. The molecule has 20 heavy (non-hydrogen) atoms. The lowest BCUT2D eigenvalue weighted by Gasteiger charge is -2.10. The van der Waals surface area contributed by atoms with E-state index in [0.29, 0.717) is 29.1 Å². The minimum absolute atomic E-state index is 0.0487. The number of ether oxygens (including phenoxy) is 1. The van der Waals surface area contributed by atoms with E-state index in [1.165, 1.54) is 0 Å². The van der Waals surface area contributed by atoms with Crippen LogP contribution in [0.1, 0.15) is 6.42 Å². The fourth-order valence-corrected chi connectivity index (χ4v) is 3.02. The second kappa shape index (κ2) is 6.95. The number of benzene rings is 1. The molecule has 0 fully saturated rings. The number of hydrogen-bond donors (Lipinski definition) is 1. The van der Waals surface area contributed by atoms with Gasteiger partial charge in [-0.15, -0.1) is 0 Å². The van der Waals surface area contributed by atoms with Crippen molar-refractivity contribution in [2.75, 3.05) is 12.3 Å². The second-order valence-electron chi connectivity index (χ2n) is 4.24. The first-order valence-electron chi connectivity index (χ1n) is 6.10. The number of halogens is 2. The summed E-state index contributed by atoms with van der Waals surface area (Å²) in [4.78, 5) is 11.9. The normalized spacial score (nSPS) is 10.5. The van der Waals surface area contributed by atoms with Crippen molar-refractivity contribution in [3.05, 3.63) is 55.8 Å². The molecule has 0 aliphatic carbocycles. The molecule has 0 aliphatic heterocycles. The summed E-state index contributed by atoms with van der Waals surface area (Å²) in [6.07, 6.45) is 2.49. The highest BCUT2D eigenvalue weighted by molar-refractivity contribution is 9.11. The third-order valence-corrected chi connectivity index (χ3v) is 3.73. The largest absolute Gasteiger partial charge is 0.491 e. The fraction of sp³-hybridized carbons (Fsp3) is 0.214. The number of anilines is 1. The Morgan fingerprint density at radius 3 is 2.75 bits per heavy atom. The summed E-state index contributed by atoms with van der Waals surface area (Å²) < 4.78 is 8.64. The van der Waals surface area contributed by atoms with Gasteiger partial charge in [-0.2, -0.15) is 0 Å². The number of aromatic nitrogens is 1. The number of nitrogen functional groups attached to an aromatic ring is 1. The molecular weight excluding hydrogens is 388 g/mol. The molecule has 2 rings (SSSR count). The van der Waals surface area contributed by atoms with E-state index in [1.807, 2.05) is 18.2 Å². The van der Waals surface area contributed by atoms with Gasteiger partial charge < -0.3 is 15.0 Å². The molecule has 106 valence electrons. The summed E-state index contributed by atoms with van der Waals surface area (Å²) in [6.45, 7) is 1.09. The van der Waals surface area contributed by atoms with Gasteiger partial charge in [-0.05, 0) is 56.5 Å². The maximum Gasteiger partial charge on any atom is 0.264 e. The highest BCUT2D eigenvalue weighted by atomic mass is 79.9. The average Bonchev–Trinajstić information content (AvgIpc) is 2.41. The van der Waals surface area contributed by atoms with Gasteiger partial charge in [0.15, 0.2) is 0 Å². The maximum atomic E-state index is 11.9. The highest BCUT2D eigenvalue weighted by Crippen LogP contribution is 2.19. The first kappa shape index (κ1) is 15.1. The molecule has 0 amide bonds. The van der Waals surface area contributed by atoms with Crippen molar-refractivity contribution in [1.29, 1.82) is 0 Å². The molecule has 0 aliphatic rings. The van der Waals surface area contributed by atoms with Crippen LogP contribution in [0.5, 0.6) is 5.75 Å². The van der Waals surface area contributed by atoms with Crippen LogP contribution in [0.3, 0.4) is 0 Å². The Labute approximate surface area is 133 Å².